The molecule has 25 heavy (non-hydrogen) atoms. The van der Waals surface area contributed by atoms with Gasteiger partial charge < -0.3 is 10.1 Å². The van der Waals surface area contributed by atoms with Gasteiger partial charge in [-0.15, -0.1) is 0 Å². The summed E-state index contributed by atoms with van der Waals surface area (Å²) in [6.07, 6.45) is 3.92. The molecule has 1 heterocycles. The summed E-state index contributed by atoms with van der Waals surface area (Å²) in [6, 6.07) is 17.8. The number of methoxy groups -OCH3 is 1. The number of hydrogen-bond acceptors (Lipinski definition) is 3. The molecule has 5 heteroatoms. The summed E-state index contributed by atoms with van der Waals surface area (Å²) in [7, 11) is 1.67. The molecule has 0 unspecified atom stereocenters. The predicted octanol–water partition coefficient (Wildman–Crippen LogP) is 2.88. The number of amides is 1. The maximum Gasteiger partial charge on any atom is 0.224 e. The number of rotatable bonds is 7. The Morgan fingerprint density at radius 2 is 1.80 bits per heavy atom. The quantitative estimate of drug-likeness (QED) is 0.722. The van der Waals surface area contributed by atoms with E-state index in [1.165, 1.54) is 0 Å². The van der Waals surface area contributed by atoms with Crippen LogP contribution in [0.1, 0.15) is 16.7 Å². The number of hydrogen-bond donors (Lipinski definition) is 1. The molecule has 1 aromatic heterocycles. The van der Waals surface area contributed by atoms with Crippen LogP contribution in [-0.2, 0) is 29.1 Å². The van der Waals surface area contributed by atoms with Gasteiger partial charge >= 0.3 is 0 Å². The molecule has 0 aliphatic heterocycles. The molecule has 3 rings (SSSR count). The van der Waals surface area contributed by atoms with E-state index in [1.807, 2.05) is 60.8 Å². The first-order valence-corrected chi connectivity index (χ1v) is 8.17. The van der Waals surface area contributed by atoms with Crippen LogP contribution in [0, 0.1) is 0 Å². The SMILES string of the molecule is COCc1ccccc1CNC(=O)Cc1cnn(-c2ccccc2)c1. The summed E-state index contributed by atoms with van der Waals surface area (Å²) < 4.78 is 6.97. The van der Waals surface area contributed by atoms with Gasteiger partial charge in [0.15, 0.2) is 0 Å². The van der Waals surface area contributed by atoms with E-state index in [0.29, 0.717) is 19.6 Å². The molecule has 3 aromatic rings. The van der Waals surface area contributed by atoms with E-state index >= 15 is 0 Å². The number of nitrogens with zero attached hydrogens (tertiary/aromatic N) is 2. The Bertz CT molecular complexity index is 828. The molecule has 128 valence electrons. The monoisotopic (exact) mass is 335 g/mol. The first kappa shape index (κ1) is 16.9. The fourth-order valence-corrected chi connectivity index (χ4v) is 2.64. The maximum atomic E-state index is 12.2. The molecule has 1 amide bonds. The zero-order chi connectivity index (χ0) is 17.5. The van der Waals surface area contributed by atoms with Crippen molar-refractivity contribution in [2.75, 3.05) is 7.11 Å². The zero-order valence-corrected chi connectivity index (χ0v) is 14.2. The van der Waals surface area contributed by atoms with Crippen molar-refractivity contribution in [2.24, 2.45) is 0 Å². The molecule has 0 saturated carbocycles. The third-order valence-corrected chi connectivity index (χ3v) is 3.92. The van der Waals surface area contributed by atoms with Gasteiger partial charge in [-0.3, -0.25) is 4.79 Å². The summed E-state index contributed by atoms with van der Waals surface area (Å²) in [5.74, 6) is -0.0279. The number of nitrogens with one attached hydrogen (secondary N) is 1. The zero-order valence-electron chi connectivity index (χ0n) is 14.2. The first-order valence-electron chi connectivity index (χ1n) is 8.17. The average Bonchev–Trinajstić information content (AvgIpc) is 3.10. The van der Waals surface area contributed by atoms with E-state index in [1.54, 1.807) is 18.0 Å². The Morgan fingerprint density at radius 3 is 2.56 bits per heavy atom. The molecule has 0 saturated heterocycles. The van der Waals surface area contributed by atoms with E-state index in [2.05, 4.69) is 10.4 Å². The highest BCUT2D eigenvalue weighted by Gasteiger charge is 2.08. The van der Waals surface area contributed by atoms with Gasteiger partial charge in [-0.25, -0.2) is 4.68 Å². The molecule has 0 radical (unpaired) electrons. The largest absolute Gasteiger partial charge is 0.380 e. The predicted molar refractivity (Wildman–Crippen MR) is 96.3 cm³/mol. The van der Waals surface area contributed by atoms with Crippen LogP contribution < -0.4 is 5.32 Å². The van der Waals surface area contributed by atoms with Gasteiger partial charge in [0.2, 0.25) is 5.91 Å². The Kier molecular flexibility index (Phi) is 5.59. The minimum atomic E-state index is -0.0279. The fraction of sp³-hybridized carbons (Fsp3) is 0.200. The molecule has 0 bridgehead atoms. The summed E-state index contributed by atoms with van der Waals surface area (Å²) in [4.78, 5) is 12.2. The van der Waals surface area contributed by atoms with Crippen molar-refractivity contribution in [2.45, 2.75) is 19.6 Å². The van der Waals surface area contributed by atoms with Crippen LogP contribution in [0.3, 0.4) is 0 Å². The minimum Gasteiger partial charge on any atom is -0.380 e. The van der Waals surface area contributed by atoms with Crippen molar-refractivity contribution in [3.05, 3.63) is 83.7 Å². The van der Waals surface area contributed by atoms with Gasteiger partial charge in [-0.05, 0) is 28.8 Å². The van der Waals surface area contributed by atoms with E-state index in [-0.39, 0.29) is 5.91 Å². The Morgan fingerprint density at radius 1 is 1.08 bits per heavy atom. The summed E-state index contributed by atoms with van der Waals surface area (Å²) >= 11 is 0. The molecule has 2 aromatic carbocycles. The van der Waals surface area contributed by atoms with Gasteiger partial charge in [0.1, 0.15) is 0 Å². The van der Waals surface area contributed by atoms with Crippen molar-refractivity contribution in [1.82, 2.24) is 15.1 Å². The maximum absolute atomic E-state index is 12.2. The lowest BCUT2D eigenvalue weighted by atomic mass is 10.1. The lowest BCUT2D eigenvalue weighted by molar-refractivity contribution is -0.120. The van der Waals surface area contributed by atoms with Crippen molar-refractivity contribution in [1.29, 1.82) is 0 Å². The molecule has 0 fully saturated rings. The smallest absolute Gasteiger partial charge is 0.224 e. The van der Waals surface area contributed by atoms with Gasteiger partial charge in [0, 0.05) is 19.9 Å². The molecule has 0 atom stereocenters. The van der Waals surface area contributed by atoms with E-state index < -0.39 is 0 Å². The highest BCUT2D eigenvalue weighted by atomic mass is 16.5. The Labute approximate surface area is 147 Å². The van der Waals surface area contributed by atoms with Crippen LogP contribution in [0.15, 0.2) is 67.0 Å². The fourth-order valence-electron chi connectivity index (χ4n) is 2.64. The lowest BCUT2D eigenvalue weighted by Crippen LogP contribution is -2.25. The molecule has 0 aliphatic rings. The summed E-state index contributed by atoms with van der Waals surface area (Å²) in [6.45, 7) is 1.03. The van der Waals surface area contributed by atoms with E-state index in [9.17, 15) is 4.79 Å². The van der Waals surface area contributed by atoms with E-state index in [4.69, 9.17) is 4.74 Å². The number of aromatic nitrogens is 2. The number of para-hydroxylation sites is 1. The third-order valence-electron chi connectivity index (χ3n) is 3.92. The molecule has 1 N–H and O–H groups in total. The Balaban J connectivity index is 1.58. The normalized spacial score (nSPS) is 10.6. The number of carbonyl (C=O) groups excluding carboxylic acids is 1. The Hall–Kier alpha value is -2.92. The third kappa shape index (κ3) is 4.55. The number of carbonyl (C=O) groups is 1. The van der Waals surface area contributed by atoms with Crippen LogP contribution in [0.4, 0.5) is 0 Å². The number of benzene rings is 2. The topological polar surface area (TPSA) is 56.1 Å². The first-order chi connectivity index (χ1) is 12.3. The average molecular weight is 335 g/mol. The molecule has 0 aliphatic carbocycles. The van der Waals surface area contributed by atoms with Crippen LogP contribution in [0.5, 0.6) is 0 Å². The van der Waals surface area contributed by atoms with Crippen LogP contribution in [-0.4, -0.2) is 22.8 Å². The van der Waals surface area contributed by atoms with Crippen molar-refractivity contribution in [3.63, 3.8) is 0 Å². The van der Waals surface area contributed by atoms with Gasteiger partial charge in [0.05, 0.1) is 24.9 Å². The standard InChI is InChI=1S/C20H21N3O2/c1-25-15-18-8-6-5-7-17(18)13-21-20(24)11-16-12-22-23(14-16)19-9-3-2-4-10-19/h2-10,12,14H,11,13,15H2,1H3,(H,21,24). The van der Waals surface area contributed by atoms with Crippen LogP contribution in [0.25, 0.3) is 5.69 Å². The second-order valence-electron chi connectivity index (χ2n) is 5.78. The van der Waals surface area contributed by atoms with Gasteiger partial charge in [0.25, 0.3) is 0 Å². The van der Waals surface area contributed by atoms with E-state index in [0.717, 1.165) is 22.4 Å². The molecular weight excluding hydrogens is 314 g/mol. The van der Waals surface area contributed by atoms with Gasteiger partial charge in [-0.1, -0.05) is 42.5 Å². The van der Waals surface area contributed by atoms with Crippen LogP contribution >= 0.6 is 0 Å². The molecule has 0 spiro atoms. The molecule has 5 nitrogen and oxygen atoms in total. The van der Waals surface area contributed by atoms with Gasteiger partial charge in [-0.2, -0.15) is 5.10 Å². The minimum absolute atomic E-state index is 0.0279. The van der Waals surface area contributed by atoms with Crippen LogP contribution in [0.2, 0.25) is 0 Å². The van der Waals surface area contributed by atoms with Crippen molar-refractivity contribution >= 4 is 5.91 Å². The van der Waals surface area contributed by atoms with Crippen molar-refractivity contribution < 1.29 is 9.53 Å². The summed E-state index contributed by atoms with van der Waals surface area (Å²) in [5.41, 5.74) is 4.01. The second-order valence-corrected chi connectivity index (χ2v) is 5.78. The summed E-state index contributed by atoms with van der Waals surface area (Å²) in [5, 5.41) is 7.28. The second kappa shape index (κ2) is 8.26. The number of ether oxygens (including phenoxy) is 1. The highest BCUT2D eigenvalue weighted by Crippen LogP contribution is 2.11. The highest BCUT2D eigenvalue weighted by molar-refractivity contribution is 5.78. The molecular formula is C20H21N3O2. The van der Waals surface area contributed by atoms with Crippen molar-refractivity contribution in [3.8, 4) is 5.69 Å². The lowest BCUT2D eigenvalue weighted by Gasteiger charge is -2.09.